The van der Waals surface area contributed by atoms with Crippen LogP contribution in [0.3, 0.4) is 0 Å². The summed E-state index contributed by atoms with van der Waals surface area (Å²) >= 11 is 1.59. The highest BCUT2D eigenvalue weighted by atomic mass is 32.2. The van der Waals surface area contributed by atoms with Gasteiger partial charge in [-0.2, -0.15) is 0 Å². The first-order valence-corrected chi connectivity index (χ1v) is 12.7. The van der Waals surface area contributed by atoms with Gasteiger partial charge in [0.1, 0.15) is 11.8 Å². The van der Waals surface area contributed by atoms with E-state index in [1.165, 1.54) is 16.7 Å². The zero-order valence-electron chi connectivity index (χ0n) is 20.8. The molecule has 0 saturated carbocycles. The minimum Gasteiger partial charge on any atom is -0.497 e. The Morgan fingerprint density at radius 3 is 2.36 bits per heavy atom. The molecular weight excluding hydrogens is 432 g/mol. The average Bonchev–Trinajstić information content (AvgIpc) is 2.76. The number of methoxy groups -OCH3 is 1. The fourth-order valence-corrected chi connectivity index (χ4v) is 4.65. The van der Waals surface area contributed by atoms with E-state index in [2.05, 4.69) is 51.2 Å². The highest BCUT2D eigenvalue weighted by Crippen LogP contribution is 2.20. The molecule has 1 N–H and O–H groups in total. The minimum atomic E-state index is -0.510. The maximum absolute atomic E-state index is 13.4. The largest absolute Gasteiger partial charge is 0.497 e. The molecule has 0 spiro atoms. The Labute approximate surface area is 203 Å². The van der Waals surface area contributed by atoms with Crippen LogP contribution in [0, 0.1) is 19.8 Å². The van der Waals surface area contributed by atoms with Crippen molar-refractivity contribution in [2.75, 3.05) is 19.4 Å². The molecule has 1 atom stereocenters. The molecule has 2 amide bonds. The van der Waals surface area contributed by atoms with Crippen LogP contribution in [0.4, 0.5) is 0 Å². The van der Waals surface area contributed by atoms with E-state index in [0.29, 0.717) is 31.2 Å². The number of hydrogen-bond donors (Lipinski definition) is 1. The van der Waals surface area contributed by atoms with Crippen LogP contribution in [0.15, 0.2) is 42.5 Å². The van der Waals surface area contributed by atoms with Crippen LogP contribution in [0.1, 0.15) is 49.4 Å². The van der Waals surface area contributed by atoms with Gasteiger partial charge in [0.2, 0.25) is 11.8 Å². The number of benzene rings is 2. The molecule has 2 aromatic rings. The fraction of sp³-hybridized carbons (Fsp3) is 0.481. The van der Waals surface area contributed by atoms with Crippen molar-refractivity contribution in [1.29, 1.82) is 0 Å². The Kier molecular flexibility index (Phi) is 10.8. The normalized spacial score (nSPS) is 11.8. The average molecular weight is 471 g/mol. The van der Waals surface area contributed by atoms with Crippen LogP contribution in [-0.4, -0.2) is 42.2 Å². The summed E-state index contributed by atoms with van der Waals surface area (Å²) in [6.45, 7) is 11.2. The van der Waals surface area contributed by atoms with E-state index < -0.39 is 6.04 Å². The lowest BCUT2D eigenvalue weighted by Gasteiger charge is -2.31. The zero-order chi connectivity index (χ0) is 24.4. The van der Waals surface area contributed by atoms with Crippen LogP contribution in [0.25, 0.3) is 0 Å². The summed E-state index contributed by atoms with van der Waals surface area (Å²) < 4.78 is 5.34. The number of amides is 2. The molecule has 0 radical (unpaired) electrons. The summed E-state index contributed by atoms with van der Waals surface area (Å²) in [5.41, 5.74) is 4.61. The Morgan fingerprint density at radius 2 is 1.76 bits per heavy atom. The molecule has 6 heteroatoms. The van der Waals surface area contributed by atoms with Gasteiger partial charge in [-0.05, 0) is 49.4 Å². The third-order valence-corrected chi connectivity index (χ3v) is 6.32. The first-order chi connectivity index (χ1) is 15.7. The highest BCUT2D eigenvalue weighted by Gasteiger charge is 2.28. The summed E-state index contributed by atoms with van der Waals surface area (Å²) in [4.78, 5) is 28.1. The van der Waals surface area contributed by atoms with Crippen LogP contribution < -0.4 is 10.1 Å². The van der Waals surface area contributed by atoms with Crippen molar-refractivity contribution in [3.63, 3.8) is 0 Å². The molecule has 0 saturated heterocycles. The molecule has 0 aliphatic heterocycles. The molecule has 0 bridgehead atoms. The van der Waals surface area contributed by atoms with E-state index in [-0.39, 0.29) is 11.8 Å². The molecule has 180 valence electrons. The number of aryl methyl sites for hydroxylation is 2. The van der Waals surface area contributed by atoms with E-state index in [1.807, 2.05) is 31.2 Å². The molecule has 33 heavy (non-hydrogen) atoms. The predicted molar refractivity (Wildman–Crippen MR) is 138 cm³/mol. The summed E-state index contributed by atoms with van der Waals surface area (Å²) in [6, 6.07) is 13.6. The van der Waals surface area contributed by atoms with Gasteiger partial charge in [0.25, 0.3) is 0 Å². The molecule has 0 unspecified atom stereocenters. The highest BCUT2D eigenvalue weighted by molar-refractivity contribution is 7.99. The van der Waals surface area contributed by atoms with Crippen molar-refractivity contribution in [1.82, 2.24) is 10.2 Å². The first kappa shape index (κ1) is 26.8. The van der Waals surface area contributed by atoms with Gasteiger partial charge in [0.15, 0.2) is 0 Å². The Bertz CT molecular complexity index is 909. The number of rotatable bonds is 12. The van der Waals surface area contributed by atoms with Crippen LogP contribution >= 0.6 is 11.8 Å². The predicted octanol–water partition coefficient (Wildman–Crippen LogP) is 5.12. The molecule has 0 aromatic heterocycles. The Hall–Kier alpha value is -2.47. The van der Waals surface area contributed by atoms with Gasteiger partial charge in [0.05, 0.1) is 12.9 Å². The lowest BCUT2D eigenvalue weighted by Crippen LogP contribution is -2.50. The van der Waals surface area contributed by atoms with Crippen LogP contribution in [0.5, 0.6) is 5.75 Å². The number of ether oxygens (including phenoxy) is 1. The number of carbonyl (C=O) groups excluding carboxylic acids is 2. The molecule has 2 aromatic carbocycles. The maximum Gasteiger partial charge on any atom is 0.242 e. The second-order valence-electron chi connectivity index (χ2n) is 8.92. The van der Waals surface area contributed by atoms with Gasteiger partial charge in [-0.25, -0.2) is 0 Å². The monoisotopic (exact) mass is 470 g/mol. The molecule has 2 rings (SSSR count). The van der Waals surface area contributed by atoms with Gasteiger partial charge in [-0.1, -0.05) is 62.2 Å². The number of hydrogen-bond acceptors (Lipinski definition) is 4. The third kappa shape index (κ3) is 8.77. The van der Waals surface area contributed by atoms with Crippen molar-refractivity contribution in [3.05, 3.63) is 64.7 Å². The van der Waals surface area contributed by atoms with Gasteiger partial charge in [-0.15, -0.1) is 11.8 Å². The second-order valence-corrected chi connectivity index (χ2v) is 9.91. The summed E-state index contributed by atoms with van der Waals surface area (Å²) in [5.74, 6) is 2.05. The Balaban J connectivity index is 2.16. The third-order valence-electron chi connectivity index (χ3n) is 5.33. The number of nitrogens with zero attached hydrogens (tertiary/aromatic N) is 1. The number of carbonyl (C=O) groups is 2. The van der Waals surface area contributed by atoms with Crippen molar-refractivity contribution in [2.24, 2.45) is 5.92 Å². The quantitative estimate of drug-likeness (QED) is 0.467. The fourth-order valence-electron chi connectivity index (χ4n) is 3.80. The van der Waals surface area contributed by atoms with Crippen molar-refractivity contribution in [3.8, 4) is 5.75 Å². The summed E-state index contributed by atoms with van der Waals surface area (Å²) in [6.07, 6.45) is 0.557. The molecule has 0 aliphatic carbocycles. The van der Waals surface area contributed by atoms with Gasteiger partial charge in [-0.3, -0.25) is 9.59 Å². The SMILES string of the molecule is CC[C@@H](C(=O)NCC(C)C)N(Cc1cccc(OC)c1)C(=O)CSCc1cc(C)cc(C)c1. The van der Waals surface area contributed by atoms with Crippen molar-refractivity contribution < 1.29 is 14.3 Å². The molecule has 0 heterocycles. The molecular formula is C27H38N2O3S. The smallest absolute Gasteiger partial charge is 0.242 e. The molecule has 0 fully saturated rings. The number of nitrogens with one attached hydrogen (secondary N) is 1. The topological polar surface area (TPSA) is 58.6 Å². The maximum atomic E-state index is 13.4. The minimum absolute atomic E-state index is 0.0289. The van der Waals surface area contributed by atoms with Crippen molar-refractivity contribution >= 4 is 23.6 Å². The van der Waals surface area contributed by atoms with Crippen LogP contribution in [-0.2, 0) is 21.9 Å². The standard InChI is InChI=1S/C27H38N2O3S/c1-7-25(27(31)28-15-19(2)3)29(16-22-9-8-10-24(14-22)32-6)26(30)18-33-17-23-12-20(4)11-21(5)13-23/h8-14,19,25H,7,15-18H2,1-6H3,(H,28,31)/t25-/m0/s1. The molecule has 0 aliphatic rings. The zero-order valence-corrected chi connectivity index (χ0v) is 21.6. The summed E-state index contributed by atoms with van der Waals surface area (Å²) in [7, 11) is 1.62. The van der Waals surface area contributed by atoms with E-state index in [1.54, 1.807) is 23.8 Å². The number of thioether (sulfide) groups is 1. The van der Waals surface area contributed by atoms with Gasteiger partial charge < -0.3 is 15.0 Å². The van der Waals surface area contributed by atoms with Gasteiger partial charge in [0, 0.05) is 18.8 Å². The van der Waals surface area contributed by atoms with E-state index in [0.717, 1.165) is 17.1 Å². The van der Waals surface area contributed by atoms with Crippen molar-refractivity contribution in [2.45, 2.75) is 59.4 Å². The van der Waals surface area contributed by atoms with Gasteiger partial charge >= 0.3 is 0 Å². The second kappa shape index (κ2) is 13.3. The lowest BCUT2D eigenvalue weighted by molar-refractivity contribution is -0.139. The first-order valence-electron chi connectivity index (χ1n) is 11.6. The van der Waals surface area contributed by atoms with E-state index in [4.69, 9.17) is 4.74 Å². The summed E-state index contributed by atoms with van der Waals surface area (Å²) in [5, 5.41) is 3.01. The van der Waals surface area contributed by atoms with E-state index in [9.17, 15) is 9.59 Å². The van der Waals surface area contributed by atoms with E-state index >= 15 is 0 Å². The van der Waals surface area contributed by atoms with Crippen LogP contribution in [0.2, 0.25) is 0 Å². The lowest BCUT2D eigenvalue weighted by atomic mass is 10.1. The Morgan fingerprint density at radius 1 is 1.06 bits per heavy atom. The molecule has 5 nitrogen and oxygen atoms in total.